The molecule has 0 aliphatic heterocycles. The summed E-state index contributed by atoms with van der Waals surface area (Å²) in [6.07, 6.45) is 1.75. The Morgan fingerprint density at radius 3 is 3.08 bits per heavy atom. The highest BCUT2D eigenvalue weighted by Gasteiger charge is 2.06. The molecule has 0 unspecified atom stereocenters. The van der Waals surface area contributed by atoms with E-state index in [1.54, 1.807) is 6.26 Å². The van der Waals surface area contributed by atoms with Gasteiger partial charge in [-0.25, -0.2) is 0 Å². The third kappa shape index (κ3) is 1.27. The van der Waals surface area contributed by atoms with Crippen molar-refractivity contribution >= 4 is 16.7 Å². The summed E-state index contributed by atoms with van der Waals surface area (Å²) in [5, 5.41) is 4.10. The summed E-state index contributed by atoms with van der Waals surface area (Å²) in [4.78, 5) is 0. The van der Waals surface area contributed by atoms with Gasteiger partial charge < -0.3 is 15.5 Å². The molecular weight excluding hydrogens is 164 g/mol. The first-order chi connectivity index (χ1) is 6.33. The van der Waals surface area contributed by atoms with Gasteiger partial charge in [0.15, 0.2) is 0 Å². The number of hydrogen-bond donors (Lipinski definition) is 2. The van der Waals surface area contributed by atoms with Gasteiger partial charge in [-0.3, -0.25) is 0 Å². The first-order valence-corrected chi connectivity index (χ1v) is 4.22. The highest BCUT2D eigenvalue weighted by atomic mass is 16.3. The monoisotopic (exact) mass is 176 g/mol. The van der Waals surface area contributed by atoms with Crippen molar-refractivity contribution in [3.63, 3.8) is 0 Å². The molecule has 68 valence electrons. The van der Waals surface area contributed by atoms with Gasteiger partial charge in [-0.2, -0.15) is 0 Å². The zero-order valence-electron chi connectivity index (χ0n) is 7.50. The molecule has 0 amide bonds. The molecule has 2 aromatic rings. The lowest BCUT2D eigenvalue weighted by Crippen LogP contribution is -2.04. The summed E-state index contributed by atoms with van der Waals surface area (Å²) in [6, 6.07) is 5.70. The van der Waals surface area contributed by atoms with Crippen molar-refractivity contribution in [3.8, 4) is 0 Å². The van der Waals surface area contributed by atoms with Crippen LogP contribution in [0.3, 0.4) is 0 Å². The summed E-state index contributed by atoms with van der Waals surface area (Å²) in [5.74, 6) is 0. The fourth-order valence-corrected chi connectivity index (χ4v) is 1.50. The number of anilines is 1. The molecular formula is C10H12N2O. The van der Waals surface area contributed by atoms with E-state index in [4.69, 9.17) is 10.2 Å². The number of benzene rings is 1. The summed E-state index contributed by atoms with van der Waals surface area (Å²) in [7, 11) is 1.90. The van der Waals surface area contributed by atoms with Crippen LogP contribution in [0, 0.1) is 0 Å². The van der Waals surface area contributed by atoms with Gasteiger partial charge in [0, 0.05) is 23.2 Å². The quantitative estimate of drug-likeness (QED) is 0.685. The number of nitrogens with two attached hydrogens (primary N) is 1. The average Bonchev–Trinajstić information content (AvgIpc) is 2.51. The van der Waals surface area contributed by atoms with Crippen LogP contribution in [-0.4, -0.2) is 7.05 Å². The van der Waals surface area contributed by atoms with Crippen molar-refractivity contribution in [2.45, 2.75) is 6.54 Å². The van der Waals surface area contributed by atoms with E-state index in [1.165, 1.54) is 0 Å². The molecule has 1 heterocycles. The van der Waals surface area contributed by atoms with Crippen LogP contribution >= 0.6 is 0 Å². The Hall–Kier alpha value is -1.48. The maximum absolute atomic E-state index is 5.84. The van der Waals surface area contributed by atoms with Crippen LogP contribution in [0.5, 0.6) is 0 Å². The SMILES string of the molecule is CNCc1coc2cccc(N)c12. The highest BCUT2D eigenvalue weighted by molar-refractivity contribution is 5.92. The molecule has 0 saturated carbocycles. The highest BCUT2D eigenvalue weighted by Crippen LogP contribution is 2.26. The van der Waals surface area contributed by atoms with Crippen LogP contribution in [0.25, 0.3) is 11.0 Å². The van der Waals surface area contributed by atoms with Crippen LogP contribution in [0.2, 0.25) is 0 Å². The van der Waals surface area contributed by atoms with Gasteiger partial charge >= 0.3 is 0 Å². The predicted molar refractivity (Wildman–Crippen MR) is 53.4 cm³/mol. The van der Waals surface area contributed by atoms with Crippen molar-refractivity contribution in [1.29, 1.82) is 0 Å². The fourth-order valence-electron chi connectivity index (χ4n) is 1.50. The summed E-state index contributed by atoms with van der Waals surface area (Å²) < 4.78 is 5.36. The van der Waals surface area contributed by atoms with Crippen molar-refractivity contribution in [1.82, 2.24) is 5.32 Å². The van der Waals surface area contributed by atoms with Crippen LogP contribution in [0.15, 0.2) is 28.9 Å². The van der Waals surface area contributed by atoms with Gasteiger partial charge in [0.25, 0.3) is 0 Å². The van der Waals surface area contributed by atoms with Gasteiger partial charge in [-0.1, -0.05) is 6.07 Å². The minimum Gasteiger partial charge on any atom is -0.464 e. The summed E-state index contributed by atoms with van der Waals surface area (Å²) in [5.41, 5.74) is 8.58. The number of fused-ring (bicyclic) bond motifs is 1. The maximum atomic E-state index is 5.84. The van der Waals surface area contributed by atoms with Gasteiger partial charge in [0.1, 0.15) is 5.58 Å². The Morgan fingerprint density at radius 1 is 1.46 bits per heavy atom. The van der Waals surface area contributed by atoms with Gasteiger partial charge in [0.2, 0.25) is 0 Å². The van der Waals surface area contributed by atoms with Crippen molar-refractivity contribution in [2.75, 3.05) is 12.8 Å². The maximum Gasteiger partial charge on any atom is 0.136 e. The normalized spacial score (nSPS) is 10.8. The molecule has 0 atom stereocenters. The third-order valence-electron chi connectivity index (χ3n) is 2.07. The standard InChI is InChI=1S/C10H12N2O/c1-12-5-7-6-13-9-4-2-3-8(11)10(7)9/h2-4,6,12H,5,11H2,1H3. The number of nitrogens with one attached hydrogen (secondary N) is 1. The van der Waals surface area contributed by atoms with E-state index in [1.807, 2.05) is 25.2 Å². The lowest BCUT2D eigenvalue weighted by atomic mass is 10.1. The first kappa shape index (κ1) is 8.13. The van der Waals surface area contributed by atoms with Crippen LogP contribution in [-0.2, 0) is 6.54 Å². The molecule has 1 aromatic heterocycles. The smallest absolute Gasteiger partial charge is 0.136 e. The van der Waals surface area contributed by atoms with E-state index in [0.717, 1.165) is 28.8 Å². The molecule has 0 bridgehead atoms. The molecule has 3 nitrogen and oxygen atoms in total. The number of nitrogen functional groups attached to an aromatic ring is 1. The van der Waals surface area contributed by atoms with E-state index in [0.29, 0.717) is 0 Å². The zero-order valence-corrected chi connectivity index (χ0v) is 7.50. The fraction of sp³-hybridized carbons (Fsp3) is 0.200. The molecule has 0 aliphatic carbocycles. The molecule has 0 saturated heterocycles. The second kappa shape index (κ2) is 3.11. The minimum absolute atomic E-state index is 0.775. The van der Waals surface area contributed by atoms with Crippen molar-refractivity contribution in [2.24, 2.45) is 0 Å². The Morgan fingerprint density at radius 2 is 2.31 bits per heavy atom. The van der Waals surface area contributed by atoms with Crippen LogP contribution < -0.4 is 11.1 Å². The Bertz CT molecular complexity index is 420. The van der Waals surface area contributed by atoms with E-state index < -0.39 is 0 Å². The Labute approximate surface area is 76.5 Å². The van der Waals surface area contributed by atoms with Gasteiger partial charge in [-0.05, 0) is 19.2 Å². The van der Waals surface area contributed by atoms with E-state index in [-0.39, 0.29) is 0 Å². The topological polar surface area (TPSA) is 51.2 Å². The lowest BCUT2D eigenvalue weighted by Gasteiger charge is -1.98. The largest absolute Gasteiger partial charge is 0.464 e. The van der Waals surface area contributed by atoms with Gasteiger partial charge in [-0.15, -0.1) is 0 Å². The van der Waals surface area contributed by atoms with Crippen LogP contribution in [0.1, 0.15) is 5.56 Å². The van der Waals surface area contributed by atoms with Gasteiger partial charge in [0.05, 0.1) is 6.26 Å². The molecule has 3 heteroatoms. The molecule has 3 N–H and O–H groups in total. The average molecular weight is 176 g/mol. The molecule has 0 fully saturated rings. The molecule has 0 radical (unpaired) electrons. The van der Waals surface area contributed by atoms with E-state index in [9.17, 15) is 0 Å². The Balaban J connectivity index is 2.64. The zero-order chi connectivity index (χ0) is 9.26. The number of furan rings is 1. The van der Waals surface area contributed by atoms with Crippen molar-refractivity contribution < 1.29 is 4.42 Å². The second-order valence-electron chi connectivity index (χ2n) is 3.01. The molecule has 0 aliphatic rings. The van der Waals surface area contributed by atoms with Crippen molar-refractivity contribution in [3.05, 3.63) is 30.0 Å². The Kier molecular flexibility index (Phi) is 1.94. The molecule has 1 aromatic carbocycles. The summed E-state index contributed by atoms with van der Waals surface area (Å²) >= 11 is 0. The van der Waals surface area contributed by atoms with E-state index >= 15 is 0 Å². The minimum atomic E-state index is 0.775. The molecule has 13 heavy (non-hydrogen) atoms. The summed E-state index contributed by atoms with van der Waals surface area (Å²) in [6.45, 7) is 0.779. The molecule has 2 rings (SSSR count). The number of rotatable bonds is 2. The van der Waals surface area contributed by atoms with E-state index in [2.05, 4.69) is 5.32 Å². The second-order valence-corrected chi connectivity index (χ2v) is 3.01. The third-order valence-corrected chi connectivity index (χ3v) is 2.07. The number of hydrogen-bond acceptors (Lipinski definition) is 3. The lowest BCUT2D eigenvalue weighted by molar-refractivity contribution is 0.607. The first-order valence-electron chi connectivity index (χ1n) is 4.22. The molecule has 0 spiro atoms. The van der Waals surface area contributed by atoms with Crippen LogP contribution in [0.4, 0.5) is 5.69 Å². The predicted octanol–water partition coefficient (Wildman–Crippen LogP) is 1.73.